The lowest BCUT2D eigenvalue weighted by Crippen LogP contribution is -2.48. The molecule has 0 radical (unpaired) electrons. The van der Waals surface area contributed by atoms with Gasteiger partial charge in [0.2, 0.25) is 0 Å². The number of rotatable bonds is 16. The molecule has 0 aromatic heterocycles. The molecule has 2 unspecified atom stereocenters. The van der Waals surface area contributed by atoms with E-state index in [-0.39, 0.29) is 11.0 Å². The van der Waals surface area contributed by atoms with E-state index < -0.39 is 19.0 Å². The first-order valence-corrected chi connectivity index (χ1v) is 13.1. The maximum absolute atomic E-state index is 13.0. The summed E-state index contributed by atoms with van der Waals surface area (Å²) in [7, 11) is -4.22. The molecular formula is C23H49O5P. The van der Waals surface area contributed by atoms with Crippen molar-refractivity contribution in [2.45, 2.75) is 137 Å². The van der Waals surface area contributed by atoms with Crippen molar-refractivity contribution in [1.82, 2.24) is 0 Å². The van der Waals surface area contributed by atoms with E-state index in [1.165, 1.54) is 0 Å². The predicted molar refractivity (Wildman–Crippen MR) is 122 cm³/mol. The minimum absolute atomic E-state index is 0.162. The molecule has 0 spiro atoms. The van der Waals surface area contributed by atoms with Gasteiger partial charge >= 0.3 is 7.82 Å². The predicted octanol–water partition coefficient (Wildman–Crippen LogP) is 7.66. The van der Waals surface area contributed by atoms with E-state index in [1.54, 1.807) is 0 Å². The Morgan fingerprint density at radius 1 is 0.759 bits per heavy atom. The fourth-order valence-corrected chi connectivity index (χ4v) is 5.96. The molecular weight excluding hydrogens is 387 g/mol. The van der Waals surface area contributed by atoms with Crippen molar-refractivity contribution in [3.63, 3.8) is 0 Å². The van der Waals surface area contributed by atoms with Crippen molar-refractivity contribution in [3.8, 4) is 0 Å². The van der Waals surface area contributed by atoms with Gasteiger partial charge in [-0.2, -0.15) is 0 Å². The molecule has 5 nitrogen and oxygen atoms in total. The van der Waals surface area contributed by atoms with Crippen LogP contribution in [0, 0.1) is 5.41 Å². The Morgan fingerprint density at radius 3 is 1.66 bits per heavy atom. The zero-order valence-corrected chi connectivity index (χ0v) is 21.8. The van der Waals surface area contributed by atoms with Gasteiger partial charge < -0.3 is 9.63 Å². The van der Waals surface area contributed by atoms with E-state index in [0.717, 1.165) is 32.1 Å². The van der Waals surface area contributed by atoms with Gasteiger partial charge in [-0.1, -0.05) is 48.0 Å². The van der Waals surface area contributed by atoms with E-state index in [4.69, 9.17) is 13.8 Å². The van der Waals surface area contributed by atoms with Gasteiger partial charge in [0.25, 0.3) is 0 Å². The molecule has 0 aliphatic heterocycles. The SMILES string of the molecule is CCCC(C)(C)OCCC(CC)(CC)C(C)(CC)OP(=O)(O)OC(C)(CC)CC. The number of phosphoric ester groups is 1. The first kappa shape index (κ1) is 29.1. The fourth-order valence-electron chi connectivity index (χ4n) is 4.28. The third-order valence-electron chi connectivity index (χ3n) is 7.22. The lowest BCUT2D eigenvalue weighted by Gasteiger charge is -2.48. The highest BCUT2D eigenvalue weighted by molar-refractivity contribution is 7.47. The molecule has 6 heteroatoms. The summed E-state index contributed by atoms with van der Waals surface area (Å²) >= 11 is 0. The average molecular weight is 437 g/mol. The van der Waals surface area contributed by atoms with Gasteiger partial charge in [-0.25, -0.2) is 4.57 Å². The molecule has 0 heterocycles. The molecule has 0 aliphatic rings. The van der Waals surface area contributed by atoms with Gasteiger partial charge in [-0.05, 0) is 72.6 Å². The Bertz CT molecular complexity index is 511. The van der Waals surface area contributed by atoms with Crippen LogP contribution >= 0.6 is 7.82 Å². The summed E-state index contributed by atoms with van der Waals surface area (Å²) in [6.07, 6.45) is 6.45. The third kappa shape index (κ3) is 8.26. The van der Waals surface area contributed by atoms with Crippen LogP contribution in [-0.4, -0.2) is 28.3 Å². The Morgan fingerprint density at radius 2 is 1.28 bits per heavy atom. The molecule has 0 amide bonds. The molecule has 29 heavy (non-hydrogen) atoms. The van der Waals surface area contributed by atoms with Crippen LogP contribution in [0.3, 0.4) is 0 Å². The number of hydrogen-bond donors (Lipinski definition) is 1. The number of phosphoric acid groups is 1. The van der Waals surface area contributed by atoms with Crippen LogP contribution in [0.1, 0.15) is 121 Å². The molecule has 0 aromatic rings. The van der Waals surface area contributed by atoms with Crippen LogP contribution in [0.25, 0.3) is 0 Å². The van der Waals surface area contributed by atoms with Gasteiger partial charge in [0, 0.05) is 12.0 Å². The minimum Gasteiger partial charge on any atom is -0.376 e. The minimum atomic E-state index is -4.22. The van der Waals surface area contributed by atoms with E-state index in [2.05, 4.69) is 34.6 Å². The van der Waals surface area contributed by atoms with Crippen molar-refractivity contribution in [2.75, 3.05) is 6.61 Å². The molecule has 2 atom stereocenters. The quantitative estimate of drug-likeness (QED) is 0.252. The van der Waals surface area contributed by atoms with Crippen molar-refractivity contribution in [3.05, 3.63) is 0 Å². The van der Waals surface area contributed by atoms with Crippen molar-refractivity contribution in [1.29, 1.82) is 0 Å². The summed E-state index contributed by atoms with van der Waals surface area (Å²) in [6, 6.07) is 0. The molecule has 176 valence electrons. The van der Waals surface area contributed by atoms with E-state index in [0.29, 0.717) is 25.9 Å². The first-order valence-electron chi connectivity index (χ1n) is 11.6. The van der Waals surface area contributed by atoms with Crippen LogP contribution < -0.4 is 0 Å². The molecule has 0 aliphatic carbocycles. The average Bonchev–Trinajstić information content (AvgIpc) is 2.64. The molecule has 0 rings (SSSR count). The second kappa shape index (κ2) is 11.6. The summed E-state index contributed by atoms with van der Waals surface area (Å²) in [6.45, 7) is 21.0. The van der Waals surface area contributed by atoms with Crippen LogP contribution in [0.4, 0.5) is 0 Å². The smallest absolute Gasteiger partial charge is 0.376 e. The van der Waals surface area contributed by atoms with Crippen molar-refractivity contribution in [2.24, 2.45) is 5.41 Å². The fraction of sp³-hybridized carbons (Fsp3) is 1.00. The lowest BCUT2D eigenvalue weighted by atomic mass is 9.66. The molecule has 0 saturated carbocycles. The highest BCUT2D eigenvalue weighted by Gasteiger charge is 2.50. The van der Waals surface area contributed by atoms with Gasteiger partial charge in [0.15, 0.2) is 0 Å². The summed E-state index contributed by atoms with van der Waals surface area (Å²) in [5.41, 5.74) is -1.90. The van der Waals surface area contributed by atoms with Crippen molar-refractivity contribution >= 4 is 7.82 Å². The maximum atomic E-state index is 13.0. The lowest BCUT2D eigenvalue weighted by molar-refractivity contribution is -0.113. The van der Waals surface area contributed by atoms with Crippen LogP contribution in [0.15, 0.2) is 0 Å². The summed E-state index contributed by atoms with van der Waals surface area (Å²) < 4.78 is 30.8. The molecule has 0 saturated heterocycles. The zero-order valence-electron chi connectivity index (χ0n) is 20.9. The third-order valence-corrected chi connectivity index (χ3v) is 8.53. The highest BCUT2D eigenvalue weighted by atomic mass is 31.2. The second-order valence-corrected chi connectivity index (χ2v) is 10.8. The number of ether oxygens (including phenoxy) is 1. The van der Waals surface area contributed by atoms with Crippen molar-refractivity contribution < 1.29 is 23.2 Å². The summed E-state index contributed by atoms with van der Waals surface area (Å²) in [4.78, 5) is 10.6. The van der Waals surface area contributed by atoms with Gasteiger partial charge in [-0.15, -0.1) is 0 Å². The molecule has 0 aromatic carbocycles. The first-order chi connectivity index (χ1) is 13.2. The van der Waals surface area contributed by atoms with E-state index in [9.17, 15) is 9.46 Å². The van der Waals surface area contributed by atoms with Crippen LogP contribution in [0.5, 0.6) is 0 Å². The monoisotopic (exact) mass is 436 g/mol. The van der Waals surface area contributed by atoms with Crippen LogP contribution in [0.2, 0.25) is 0 Å². The molecule has 1 N–H and O–H groups in total. The Hall–Kier alpha value is 0.0700. The summed E-state index contributed by atoms with van der Waals surface area (Å²) in [5, 5.41) is 0. The number of hydrogen-bond acceptors (Lipinski definition) is 4. The van der Waals surface area contributed by atoms with E-state index >= 15 is 0 Å². The van der Waals surface area contributed by atoms with Gasteiger partial charge in [-0.3, -0.25) is 9.05 Å². The van der Waals surface area contributed by atoms with Crippen LogP contribution in [-0.2, 0) is 18.3 Å². The normalized spacial score (nSPS) is 17.8. The van der Waals surface area contributed by atoms with E-state index in [1.807, 2.05) is 34.6 Å². The summed E-state index contributed by atoms with van der Waals surface area (Å²) in [5.74, 6) is 0. The largest absolute Gasteiger partial charge is 0.473 e. The zero-order chi connectivity index (χ0) is 23.0. The second-order valence-electron chi connectivity index (χ2n) is 9.49. The Balaban J connectivity index is 5.58. The topological polar surface area (TPSA) is 65.0 Å². The molecule has 0 bridgehead atoms. The molecule has 0 fully saturated rings. The highest BCUT2D eigenvalue weighted by Crippen LogP contribution is 2.58. The van der Waals surface area contributed by atoms with Gasteiger partial charge in [0.1, 0.15) is 0 Å². The standard InChI is InChI=1S/C23H49O5P/c1-11-17-20(7,8)26-19-18-23(15-5,16-6)22(10,14-4)28-29(24,25)27-21(9,12-2)13-3/h11-19H2,1-10H3,(H,24,25). The Kier molecular flexibility index (Phi) is 11.6. The maximum Gasteiger partial charge on any atom is 0.473 e. The van der Waals surface area contributed by atoms with Gasteiger partial charge in [0.05, 0.1) is 16.8 Å². The Labute approximate surface area is 180 Å².